The van der Waals surface area contributed by atoms with Gasteiger partial charge in [0, 0.05) is 11.1 Å². The van der Waals surface area contributed by atoms with Crippen molar-refractivity contribution in [1.82, 2.24) is 15.2 Å². The molecule has 2 aromatic heterocycles. The van der Waals surface area contributed by atoms with Gasteiger partial charge in [0.25, 0.3) is 0 Å². The minimum Gasteiger partial charge on any atom is -0.261 e. The molecule has 0 aliphatic carbocycles. The van der Waals surface area contributed by atoms with Gasteiger partial charge >= 0.3 is 0 Å². The fraction of sp³-hybridized carbons (Fsp3) is 0.455. The molecule has 78 valence electrons. The summed E-state index contributed by atoms with van der Waals surface area (Å²) in [6.07, 6.45) is 1.77. The number of nitrogens with one attached hydrogen (secondary N) is 1. The van der Waals surface area contributed by atoms with Crippen LogP contribution in [0.1, 0.15) is 33.4 Å². The Morgan fingerprint density at radius 2 is 1.71 bits per heavy atom. The molecule has 1 N–H and O–H groups in total. The molecule has 0 spiro atoms. The first-order valence-corrected chi connectivity index (χ1v) is 5.13. The zero-order chi connectivity index (χ0) is 11.0. The number of aryl methyl sites for hydroxylation is 1. The van der Waals surface area contributed by atoms with E-state index in [-0.39, 0.29) is 0 Å². The van der Waals surface area contributed by atoms with Crippen LogP contribution in [0.15, 0.2) is 18.3 Å². The molecule has 0 aliphatic rings. The van der Waals surface area contributed by atoms with Gasteiger partial charge in [-0.15, -0.1) is 0 Å². The van der Waals surface area contributed by atoms with Crippen LogP contribution in [0.25, 0.3) is 11.0 Å². The zero-order valence-corrected chi connectivity index (χ0v) is 9.63. The quantitative estimate of drug-likeness (QED) is 0.697. The van der Waals surface area contributed by atoms with Crippen molar-refractivity contribution in [3.63, 3.8) is 0 Å². The molecule has 3 heteroatoms. The summed E-state index contributed by atoms with van der Waals surface area (Å²) in [5.41, 5.74) is 1.87. The van der Waals surface area contributed by atoms with E-state index in [0.29, 0.717) is 0 Å². The molecule has 0 fully saturated rings. The van der Waals surface area contributed by atoms with Gasteiger partial charge < -0.3 is 0 Å². The first kappa shape index (κ1) is 12.6. The Morgan fingerprint density at radius 1 is 1.07 bits per heavy atom. The molecule has 2 heterocycles. The van der Waals surface area contributed by atoms with E-state index in [2.05, 4.69) is 15.2 Å². The minimum atomic E-state index is 0.861. The van der Waals surface area contributed by atoms with Crippen LogP contribution >= 0.6 is 0 Å². The number of pyridine rings is 1. The maximum absolute atomic E-state index is 4.22. The van der Waals surface area contributed by atoms with Crippen LogP contribution in [0.4, 0.5) is 0 Å². The monoisotopic (exact) mass is 193 g/mol. The van der Waals surface area contributed by atoms with E-state index < -0.39 is 0 Å². The molecule has 0 saturated heterocycles. The minimum absolute atomic E-state index is 0.861. The second-order valence-electron chi connectivity index (χ2n) is 2.26. The summed E-state index contributed by atoms with van der Waals surface area (Å²) in [4.78, 5) is 4.22. The molecule has 0 atom stereocenters. The lowest BCUT2D eigenvalue weighted by Gasteiger charge is -1.88. The van der Waals surface area contributed by atoms with E-state index >= 15 is 0 Å². The summed E-state index contributed by atoms with van der Waals surface area (Å²) in [6.45, 7) is 9.96. The van der Waals surface area contributed by atoms with Crippen molar-refractivity contribution in [2.24, 2.45) is 0 Å². The Bertz CT molecular complexity index is 352. The van der Waals surface area contributed by atoms with Crippen molar-refractivity contribution >= 4 is 11.0 Å². The smallest absolute Gasteiger partial charge is 0.155 e. The Morgan fingerprint density at radius 3 is 2.36 bits per heavy atom. The van der Waals surface area contributed by atoms with Gasteiger partial charge in [-0.3, -0.25) is 5.10 Å². The molecule has 0 amide bonds. The maximum Gasteiger partial charge on any atom is 0.155 e. The van der Waals surface area contributed by atoms with Crippen molar-refractivity contribution in [2.75, 3.05) is 0 Å². The molecule has 3 nitrogen and oxygen atoms in total. The van der Waals surface area contributed by atoms with Crippen LogP contribution in [0.3, 0.4) is 0 Å². The number of aromatic amines is 1. The van der Waals surface area contributed by atoms with Crippen LogP contribution in [-0.4, -0.2) is 15.2 Å². The van der Waals surface area contributed by atoms with E-state index in [9.17, 15) is 0 Å². The third kappa shape index (κ3) is 3.17. The average molecular weight is 193 g/mol. The third-order valence-electron chi connectivity index (χ3n) is 1.44. The van der Waals surface area contributed by atoms with E-state index in [4.69, 9.17) is 0 Å². The Kier molecular flexibility index (Phi) is 6.37. The number of nitrogens with zero attached hydrogens (tertiary/aromatic N) is 2. The highest BCUT2D eigenvalue weighted by Gasteiger charge is 1.93. The van der Waals surface area contributed by atoms with Crippen LogP contribution in [0.2, 0.25) is 0 Å². The largest absolute Gasteiger partial charge is 0.261 e. The zero-order valence-electron chi connectivity index (χ0n) is 9.63. The van der Waals surface area contributed by atoms with E-state index in [1.54, 1.807) is 6.20 Å². The predicted octanol–water partition coefficient (Wildman–Crippen LogP) is 3.32. The fourth-order valence-corrected chi connectivity index (χ4v) is 0.924. The predicted molar refractivity (Wildman–Crippen MR) is 61.3 cm³/mol. The number of hydrogen-bond acceptors (Lipinski definition) is 2. The maximum atomic E-state index is 4.22. The normalized spacial score (nSPS) is 8.36. The summed E-state index contributed by atoms with van der Waals surface area (Å²) in [5, 5.41) is 7.71. The number of fused-ring (bicyclic) bond motifs is 1. The van der Waals surface area contributed by atoms with Gasteiger partial charge in [0.05, 0.1) is 6.20 Å². The summed E-state index contributed by atoms with van der Waals surface area (Å²) in [6, 6.07) is 3.97. The molecule has 0 saturated carbocycles. The van der Waals surface area contributed by atoms with Gasteiger partial charge in [0.15, 0.2) is 5.65 Å². The van der Waals surface area contributed by atoms with Gasteiger partial charge in [-0.25, -0.2) is 4.98 Å². The second-order valence-corrected chi connectivity index (χ2v) is 2.26. The van der Waals surface area contributed by atoms with Crippen molar-refractivity contribution < 1.29 is 0 Å². The Hall–Kier alpha value is -1.38. The SMILES string of the molecule is CC.CC.Cc1ccc2cn[nH]c2n1. The third-order valence-corrected chi connectivity index (χ3v) is 1.44. The van der Waals surface area contributed by atoms with Crippen molar-refractivity contribution in [1.29, 1.82) is 0 Å². The van der Waals surface area contributed by atoms with Gasteiger partial charge in [-0.2, -0.15) is 5.10 Å². The van der Waals surface area contributed by atoms with Crippen LogP contribution in [-0.2, 0) is 0 Å². The molecule has 2 aromatic rings. The van der Waals surface area contributed by atoms with Crippen molar-refractivity contribution in [3.8, 4) is 0 Å². The Labute approximate surface area is 85.6 Å². The first-order chi connectivity index (χ1) is 6.86. The lowest BCUT2D eigenvalue weighted by Crippen LogP contribution is -1.79. The number of H-pyrrole nitrogens is 1. The number of rotatable bonds is 0. The first-order valence-electron chi connectivity index (χ1n) is 5.13. The molecule has 0 bridgehead atoms. The molecular weight excluding hydrogens is 174 g/mol. The summed E-state index contributed by atoms with van der Waals surface area (Å²) in [7, 11) is 0. The van der Waals surface area contributed by atoms with Gasteiger partial charge in [-0.05, 0) is 19.1 Å². The lowest BCUT2D eigenvalue weighted by atomic mass is 10.3. The van der Waals surface area contributed by atoms with Crippen molar-refractivity contribution in [2.45, 2.75) is 34.6 Å². The molecule has 14 heavy (non-hydrogen) atoms. The number of hydrogen-bond donors (Lipinski definition) is 1. The molecule has 0 aliphatic heterocycles. The molecule has 0 radical (unpaired) electrons. The van der Waals surface area contributed by atoms with Crippen LogP contribution in [0, 0.1) is 6.92 Å². The van der Waals surface area contributed by atoms with Crippen LogP contribution in [0.5, 0.6) is 0 Å². The van der Waals surface area contributed by atoms with E-state index in [1.807, 2.05) is 46.8 Å². The molecular formula is C11H19N3. The fourth-order valence-electron chi connectivity index (χ4n) is 0.924. The topological polar surface area (TPSA) is 41.6 Å². The molecule has 0 unspecified atom stereocenters. The van der Waals surface area contributed by atoms with Gasteiger partial charge in [-0.1, -0.05) is 27.7 Å². The highest BCUT2D eigenvalue weighted by atomic mass is 15.1. The number of aromatic nitrogens is 3. The van der Waals surface area contributed by atoms with Crippen molar-refractivity contribution in [3.05, 3.63) is 24.0 Å². The van der Waals surface area contributed by atoms with E-state index in [0.717, 1.165) is 16.7 Å². The Balaban J connectivity index is 0.000000379. The summed E-state index contributed by atoms with van der Waals surface area (Å²) < 4.78 is 0. The van der Waals surface area contributed by atoms with Gasteiger partial charge in [0.1, 0.15) is 0 Å². The highest BCUT2D eigenvalue weighted by molar-refractivity contribution is 5.73. The lowest BCUT2D eigenvalue weighted by molar-refractivity contribution is 1.09. The second kappa shape index (κ2) is 7.06. The highest BCUT2D eigenvalue weighted by Crippen LogP contribution is 2.06. The molecule has 0 aromatic carbocycles. The average Bonchev–Trinajstić information content (AvgIpc) is 2.71. The van der Waals surface area contributed by atoms with E-state index in [1.165, 1.54) is 0 Å². The summed E-state index contributed by atoms with van der Waals surface area (Å²) in [5.74, 6) is 0. The van der Waals surface area contributed by atoms with Crippen LogP contribution < -0.4 is 0 Å². The van der Waals surface area contributed by atoms with Gasteiger partial charge in [0.2, 0.25) is 0 Å². The molecule has 2 rings (SSSR count). The standard InChI is InChI=1S/C7H7N3.2C2H6/c1-5-2-3-6-4-8-10-7(6)9-5;2*1-2/h2-4H,1H3,(H,8,9,10);2*1-2H3. The summed E-state index contributed by atoms with van der Waals surface area (Å²) >= 11 is 0.